The van der Waals surface area contributed by atoms with Crippen LogP contribution in [0.2, 0.25) is 10.0 Å². The van der Waals surface area contributed by atoms with Crippen molar-refractivity contribution in [3.05, 3.63) is 57.6 Å². The number of nitrogen functional groups attached to an aromatic ring is 1. The molecule has 8 nitrogen and oxygen atoms in total. The van der Waals surface area contributed by atoms with E-state index in [1.165, 1.54) is 13.2 Å². The van der Waals surface area contributed by atoms with E-state index in [1.807, 2.05) is 24.3 Å². The number of rotatable bonds is 8. The molecule has 2 amide bonds. The Hall–Kier alpha value is -2.68. The molecule has 0 aliphatic carbocycles. The predicted molar refractivity (Wildman–Crippen MR) is 129 cm³/mol. The van der Waals surface area contributed by atoms with Gasteiger partial charge in [-0.15, -0.1) is 0 Å². The van der Waals surface area contributed by atoms with Gasteiger partial charge in [0.15, 0.2) is 0 Å². The fraction of sp³-hybridized carbons (Fsp3) is 0.391. The number of anilines is 1. The molecule has 0 saturated carbocycles. The van der Waals surface area contributed by atoms with E-state index in [1.54, 1.807) is 6.07 Å². The summed E-state index contributed by atoms with van der Waals surface area (Å²) in [6.07, 6.45) is 0.900. The monoisotopic (exact) mass is 494 g/mol. The first-order valence-electron chi connectivity index (χ1n) is 10.6. The number of hydrogen-bond donors (Lipinski definition) is 3. The zero-order valence-electron chi connectivity index (χ0n) is 18.4. The molecule has 0 bridgehead atoms. The van der Waals surface area contributed by atoms with Gasteiger partial charge >= 0.3 is 6.09 Å². The Morgan fingerprint density at radius 2 is 1.88 bits per heavy atom. The van der Waals surface area contributed by atoms with E-state index in [0.717, 1.165) is 31.5 Å². The van der Waals surface area contributed by atoms with Gasteiger partial charge in [0.2, 0.25) is 0 Å². The van der Waals surface area contributed by atoms with Gasteiger partial charge in [-0.05, 0) is 49.5 Å². The van der Waals surface area contributed by atoms with Crippen molar-refractivity contribution in [3.63, 3.8) is 0 Å². The first-order valence-corrected chi connectivity index (χ1v) is 11.4. The normalized spacial score (nSPS) is 15.6. The molecular weight excluding hydrogens is 467 g/mol. The van der Waals surface area contributed by atoms with Crippen LogP contribution in [0.15, 0.2) is 36.4 Å². The summed E-state index contributed by atoms with van der Waals surface area (Å²) in [6.45, 7) is 2.16. The second-order valence-electron chi connectivity index (χ2n) is 7.93. The SMILES string of the molecule is COc1cc(N)c(Cl)cc1C(=O)NCC1CCN(C(COC(N)=O)c2ccccc2Cl)CC1. The fourth-order valence-electron chi connectivity index (χ4n) is 4.01. The number of benzene rings is 2. The smallest absolute Gasteiger partial charge is 0.404 e. The fourth-order valence-corrected chi connectivity index (χ4v) is 4.44. The maximum Gasteiger partial charge on any atom is 0.404 e. The number of nitrogens with zero attached hydrogens (tertiary/aromatic N) is 1. The number of carbonyl (C=O) groups excluding carboxylic acids is 2. The minimum absolute atomic E-state index is 0.123. The van der Waals surface area contributed by atoms with E-state index in [4.69, 9.17) is 44.1 Å². The van der Waals surface area contributed by atoms with E-state index in [-0.39, 0.29) is 18.6 Å². The number of methoxy groups -OCH3 is 1. The van der Waals surface area contributed by atoms with E-state index in [2.05, 4.69) is 10.2 Å². The summed E-state index contributed by atoms with van der Waals surface area (Å²) in [6, 6.07) is 10.4. The van der Waals surface area contributed by atoms with Crippen LogP contribution in [0, 0.1) is 5.92 Å². The Morgan fingerprint density at radius 3 is 2.52 bits per heavy atom. The summed E-state index contributed by atoms with van der Waals surface area (Å²) in [7, 11) is 1.48. The van der Waals surface area contributed by atoms with E-state index >= 15 is 0 Å². The summed E-state index contributed by atoms with van der Waals surface area (Å²) < 4.78 is 10.4. The zero-order valence-corrected chi connectivity index (χ0v) is 19.9. The minimum Gasteiger partial charge on any atom is -0.496 e. The highest BCUT2D eigenvalue weighted by Gasteiger charge is 2.28. The Bertz CT molecular complexity index is 996. The van der Waals surface area contributed by atoms with Crippen LogP contribution in [0.25, 0.3) is 0 Å². The Kier molecular flexibility index (Phi) is 8.66. The van der Waals surface area contributed by atoms with Gasteiger partial charge in [0.05, 0.1) is 29.4 Å². The van der Waals surface area contributed by atoms with Crippen LogP contribution in [0.5, 0.6) is 5.75 Å². The predicted octanol–water partition coefficient (Wildman–Crippen LogP) is 3.86. The van der Waals surface area contributed by atoms with Crippen LogP contribution in [0.4, 0.5) is 10.5 Å². The Morgan fingerprint density at radius 1 is 1.18 bits per heavy atom. The molecule has 3 rings (SSSR count). The lowest BCUT2D eigenvalue weighted by atomic mass is 9.94. The molecular formula is C23H28Cl2N4O4. The number of nitrogens with one attached hydrogen (secondary N) is 1. The summed E-state index contributed by atoms with van der Waals surface area (Å²) >= 11 is 12.5. The molecule has 1 fully saturated rings. The quantitative estimate of drug-likeness (QED) is 0.479. The second kappa shape index (κ2) is 11.4. The molecule has 1 heterocycles. The minimum atomic E-state index is -0.817. The van der Waals surface area contributed by atoms with Crippen LogP contribution >= 0.6 is 23.2 Å². The van der Waals surface area contributed by atoms with Crippen molar-refractivity contribution in [1.82, 2.24) is 10.2 Å². The van der Waals surface area contributed by atoms with Crippen molar-refractivity contribution in [3.8, 4) is 5.75 Å². The number of primary amides is 1. The lowest BCUT2D eigenvalue weighted by Gasteiger charge is -2.37. The van der Waals surface area contributed by atoms with Crippen molar-refractivity contribution < 1.29 is 19.1 Å². The molecule has 1 atom stereocenters. The Balaban J connectivity index is 1.59. The number of piperidine rings is 1. The molecule has 0 aromatic heterocycles. The summed E-state index contributed by atoms with van der Waals surface area (Å²) in [5.74, 6) is 0.408. The molecule has 10 heteroatoms. The molecule has 33 heavy (non-hydrogen) atoms. The maximum atomic E-state index is 12.7. The van der Waals surface area contributed by atoms with E-state index < -0.39 is 6.09 Å². The third-order valence-corrected chi connectivity index (χ3v) is 6.52. The van der Waals surface area contributed by atoms with Crippen LogP contribution in [0.3, 0.4) is 0 Å². The highest BCUT2D eigenvalue weighted by atomic mass is 35.5. The highest BCUT2D eigenvalue weighted by Crippen LogP contribution is 2.32. The number of halogens is 2. The van der Waals surface area contributed by atoms with Gasteiger partial charge in [-0.2, -0.15) is 0 Å². The van der Waals surface area contributed by atoms with E-state index in [9.17, 15) is 9.59 Å². The molecule has 0 radical (unpaired) electrons. The molecule has 1 aliphatic rings. The van der Waals surface area contributed by atoms with Crippen LogP contribution in [-0.4, -0.2) is 50.3 Å². The number of hydrogen-bond acceptors (Lipinski definition) is 6. The van der Waals surface area contributed by atoms with E-state index in [0.29, 0.717) is 39.5 Å². The first kappa shape index (κ1) is 25.0. The van der Waals surface area contributed by atoms with Crippen LogP contribution in [0.1, 0.15) is 34.8 Å². The standard InChI is InChI=1S/C23H28Cl2N4O4/c1-32-21-11-19(26)18(25)10-16(21)22(30)28-12-14-6-8-29(9-7-14)20(13-33-23(27)31)15-4-2-3-5-17(15)24/h2-5,10-11,14,20H,6-9,12-13,26H2,1H3,(H2,27,31)(H,28,30). The van der Waals surface area contributed by atoms with Gasteiger partial charge in [0.25, 0.3) is 5.91 Å². The van der Waals surface area contributed by atoms with Crippen molar-refractivity contribution in [2.75, 3.05) is 39.1 Å². The largest absolute Gasteiger partial charge is 0.496 e. The van der Waals surface area contributed by atoms with Crippen LogP contribution in [-0.2, 0) is 4.74 Å². The number of nitrogens with two attached hydrogens (primary N) is 2. The summed E-state index contributed by atoms with van der Waals surface area (Å²) in [4.78, 5) is 26.1. The third kappa shape index (κ3) is 6.43. The zero-order chi connectivity index (χ0) is 24.0. The van der Waals surface area contributed by atoms with Crippen LogP contribution < -0.4 is 21.5 Å². The number of likely N-dealkylation sites (tertiary alicyclic amines) is 1. The molecule has 1 aliphatic heterocycles. The summed E-state index contributed by atoms with van der Waals surface area (Å²) in [5, 5.41) is 3.89. The van der Waals surface area contributed by atoms with Gasteiger partial charge in [-0.3, -0.25) is 9.69 Å². The molecule has 178 valence electrons. The number of amides is 2. The van der Waals surface area contributed by atoms with Crippen molar-refractivity contribution >= 4 is 40.9 Å². The first-order chi connectivity index (χ1) is 15.8. The topological polar surface area (TPSA) is 120 Å². The molecule has 5 N–H and O–H groups in total. The van der Waals surface area contributed by atoms with Gasteiger partial charge in [-0.1, -0.05) is 41.4 Å². The van der Waals surface area contributed by atoms with Gasteiger partial charge in [-0.25, -0.2) is 4.79 Å². The van der Waals surface area contributed by atoms with Crippen molar-refractivity contribution in [2.24, 2.45) is 11.7 Å². The molecule has 2 aromatic carbocycles. The summed E-state index contributed by atoms with van der Waals surface area (Å²) in [5.41, 5.74) is 12.6. The number of ether oxygens (including phenoxy) is 2. The average molecular weight is 495 g/mol. The molecule has 2 aromatic rings. The van der Waals surface area contributed by atoms with Crippen molar-refractivity contribution in [2.45, 2.75) is 18.9 Å². The number of carbonyl (C=O) groups is 2. The average Bonchev–Trinajstić information content (AvgIpc) is 2.80. The maximum absolute atomic E-state index is 12.7. The lowest BCUT2D eigenvalue weighted by molar-refractivity contribution is 0.0700. The molecule has 0 spiro atoms. The third-order valence-electron chi connectivity index (χ3n) is 5.85. The molecule has 1 saturated heterocycles. The van der Waals surface area contributed by atoms with Crippen molar-refractivity contribution in [1.29, 1.82) is 0 Å². The highest BCUT2D eigenvalue weighted by molar-refractivity contribution is 6.33. The van der Waals surface area contributed by atoms with Gasteiger partial charge in [0.1, 0.15) is 12.4 Å². The van der Waals surface area contributed by atoms with Gasteiger partial charge < -0.3 is 26.3 Å². The Labute approximate surface area is 203 Å². The lowest BCUT2D eigenvalue weighted by Crippen LogP contribution is -2.42. The van der Waals surface area contributed by atoms with Gasteiger partial charge in [0, 0.05) is 17.6 Å². The second-order valence-corrected chi connectivity index (χ2v) is 8.75. The molecule has 1 unspecified atom stereocenters.